The molecule has 13 heteroatoms. The molecule has 1 aliphatic rings. The van der Waals surface area contributed by atoms with Crippen LogP contribution in [0.25, 0.3) is 22.2 Å². The molecule has 0 saturated heterocycles. The third kappa shape index (κ3) is 4.65. The number of aromatic amines is 1. The maximum Gasteiger partial charge on any atom is 0.417 e. The molecule has 0 bridgehead atoms. The Morgan fingerprint density at radius 1 is 1.19 bits per heavy atom. The molecule has 0 fully saturated rings. The predicted molar refractivity (Wildman–Crippen MR) is 156 cm³/mol. The predicted octanol–water partition coefficient (Wildman–Crippen LogP) is 5.58. The first-order valence-corrected chi connectivity index (χ1v) is 14.2. The molecule has 1 aliphatic heterocycles. The summed E-state index contributed by atoms with van der Waals surface area (Å²) in [6, 6.07) is 9.08. The number of fused-ring (bicyclic) bond motifs is 4. The minimum absolute atomic E-state index is 0.0338. The van der Waals surface area contributed by atoms with Gasteiger partial charge in [-0.1, -0.05) is 29.8 Å². The molecular formula is C29H27BrF3N7O2. The van der Waals surface area contributed by atoms with Crippen LogP contribution in [0.2, 0.25) is 0 Å². The van der Waals surface area contributed by atoms with Gasteiger partial charge in [0.15, 0.2) is 5.82 Å². The van der Waals surface area contributed by atoms with E-state index in [1.807, 2.05) is 18.2 Å². The molecule has 218 valence electrons. The van der Waals surface area contributed by atoms with Crippen LogP contribution in [0.1, 0.15) is 46.6 Å². The summed E-state index contributed by atoms with van der Waals surface area (Å²) in [6.45, 7) is 4.36. The Balaban J connectivity index is 1.47. The van der Waals surface area contributed by atoms with Crippen molar-refractivity contribution in [2.24, 2.45) is 5.92 Å². The normalized spacial score (nSPS) is 13.8. The zero-order valence-corrected chi connectivity index (χ0v) is 24.6. The SMILES string of the molecule is CNc1n[nH]c2cc(-n3c(=O)c4c(n5ncc(CC(C)C)c35)CN(C(=O)c3ccc(Br)c(C(F)(F)F)c3)CC4)ccc12. The Morgan fingerprint density at radius 2 is 1.98 bits per heavy atom. The lowest BCUT2D eigenvalue weighted by Gasteiger charge is -2.30. The molecule has 1 amide bonds. The van der Waals surface area contributed by atoms with E-state index in [-0.39, 0.29) is 41.0 Å². The Kier molecular flexibility index (Phi) is 6.87. The maximum absolute atomic E-state index is 14.2. The molecule has 0 saturated carbocycles. The van der Waals surface area contributed by atoms with E-state index in [0.717, 1.165) is 22.5 Å². The van der Waals surface area contributed by atoms with Crippen LogP contribution in [-0.4, -0.2) is 48.8 Å². The monoisotopic (exact) mass is 641 g/mol. The van der Waals surface area contributed by atoms with Crippen LogP contribution < -0.4 is 10.9 Å². The van der Waals surface area contributed by atoms with Crippen molar-refractivity contribution in [1.82, 2.24) is 29.3 Å². The topological polar surface area (TPSA) is 100 Å². The van der Waals surface area contributed by atoms with E-state index in [2.05, 4.69) is 50.4 Å². The number of halogens is 4. The summed E-state index contributed by atoms with van der Waals surface area (Å²) in [6.07, 6.45) is -1.98. The van der Waals surface area contributed by atoms with Gasteiger partial charge in [-0.25, -0.2) is 4.52 Å². The molecule has 9 nitrogen and oxygen atoms in total. The van der Waals surface area contributed by atoms with E-state index in [1.165, 1.54) is 17.0 Å². The van der Waals surface area contributed by atoms with E-state index >= 15 is 0 Å². The summed E-state index contributed by atoms with van der Waals surface area (Å²) in [5.41, 5.74) is 2.72. The summed E-state index contributed by atoms with van der Waals surface area (Å²) in [4.78, 5) is 29.0. The first-order chi connectivity index (χ1) is 20.0. The lowest BCUT2D eigenvalue weighted by atomic mass is 10.0. The van der Waals surface area contributed by atoms with E-state index in [9.17, 15) is 22.8 Å². The van der Waals surface area contributed by atoms with Crippen LogP contribution in [0.15, 0.2) is 51.9 Å². The second-order valence-corrected chi connectivity index (χ2v) is 11.6. The van der Waals surface area contributed by atoms with Gasteiger partial charge in [0, 0.05) is 40.1 Å². The highest BCUT2D eigenvalue weighted by molar-refractivity contribution is 9.10. The van der Waals surface area contributed by atoms with Crippen LogP contribution in [-0.2, 0) is 25.6 Å². The molecule has 0 aliphatic carbocycles. The van der Waals surface area contributed by atoms with Crippen LogP contribution >= 0.6 is 15.9 Å². The number of carbonyl (C=O) groups is 1. The average molecular weight is 642 g/mol. The highest BCUT2D eigenvalue weighted by atomic mass is 79.9. The number of hydrogen-bond acceptors (Lipinski definition) is 5. The maximum atomic E-state index is 14.2. The number of carbonyl (C=O) groups excluding carboxylic acids is 1. The summed E-state index contributed by atoms with van der Waals surface area (Å²) in [5.74, 6) is 0.432. The van der Waals surface area contributed by atoms with Crippen molar-refractivity contribution in [3.63, 3.8) is 0 Å². The van der Waals surface area contributed by atoms with Crippen molar-refractivity contribution >= 4 is 44.2 Å². The Bertz CT molecular complexity index is 1920. The van der Waals surface area contributed by atoms with Gasteiger partial charge in [-0.2, -0.15) is 23.4 Å². The lowest BCUT2D eigenvalue weighted by molar-refractivity contribution is -0.138. The fourth-order valence-electron chi connectivity index (χ4n) is 5.61. The van der Waals surface area contributed by atoms with Crippen molar-refractivity contribution in [1.29, 1.82) is 0 Å². The number of benzene rings is 2. The first kappa shape index (κ1) is 28.0. The Hall–Kier alpha value is -4.13. The van der Waals surface area contributed by atoms with Crippen LogP contribution in [0, 0.1) is 5.92 Å². The van der Waals surface area contributed by atoms with Gasteiger partial charge < -0.3 is 10.2 Å². The Morgan fingerprint density at radius 3 is 2.69 bits per heavy atom. The van der Waals surface area contributed by atoms with Crippen molar-refractivity contribution in [3.05, 3.63) is 85.4 Å². The number of aromatic nitrogens is 5. The summed E-state index contributed by atoms with van der Waals surface area (Å²) in [5, 5.41) is 15.9. The smallest absolute Gasteiger partial charge is 0.371 e. The molecule has 0 unspecified atom stereocenters. The number of nitrogens with zero attached hydrogens (tertiary/aromatic N) is 5. The number of nitrogens with one attached hydrogen (secondary N) is 2. The molecule has 6 rings (SSSR count). The molecular weight excluding hydrogens is 615 g/mol. The van der Waals surface area contributed by atoms with E-state index < -0.39 is 17.6 Å². The average Bonchev–Trinajstić information content (AvgIpc) is 3.55. The molecule has 0 spiro atoms. The van der Waals surface area contributed by atoms with Gasteiger partial charge in [0.2, 0.25) is 0 Å². The molecule has 2 N–H and O–H groups in total. The van der Waals surface area contributed by atoms with E-state index in [4.69, 9.17) is 0 Å². The number of H-pyrrole nitrogens is 1. The number of rotatable bonds is 5. The van der Waals surface area contributed by atoms with Crippen molar-refractivity contribution in [3.8, 4) is 5.69 Å². The van der Waals surface area contributed by atoms with Gasteiger partial charge in [0.25, 0.3) is 11.5 Å². The molecule has 4 heterocycles. The molecule has 5 aromatic rings. The zero-order valence-electron chi connectivity index (χ0n) is 23.0. The fourth-order valence-corrected chi connectivity index (χ4v) is 6.08. The number of alkyl halides is 3. The van der Waals surface area contributed by atoms with Crippen LogP contribution in [0.3, 0.4) is 0 Å². The molecule has 3 aromatic heterocycles. The van der Waals surface area contributed by atoms with Crippen molar-refractivity contribution in [2.45, 2.75) is 39.4 Å². The highest BCUT2D eigenvalue weighted by Crippen LogP contribution is 2.36. The quantitative estimate of drug-likeness (QED) is 0.261. The fraction of sp³-hybridized carbons (Fsp3) is 0.310. The largest absolute Gasteiger partial charge is 0.417 e. The van der Waals surface area contributed by atoms with Crippen LogP contribution in [0.5, 0.6) is 0 Å². The number of anilines is 1. The van der Waals surface area contributed by atoms with Gasteiger partial charge in [-0.15, -0.1) is 0 Å². The van der Waals surface area contributed by atoms with Gasteiger partial charge in [-0.3, -0.25) is 19.3 Å². The third-order valence-electron chi connectivity index (χ3n) is 7.54. The van der Waals surface area contributed by atoms with Crippen LogP contribution in [0.4, 0.5) is 19.0 Å². The van der Waals surface area contributed by atoms with Gasteiger partial charge in [0.05, 0.1) is 35.2 Å². The lowest BCUT2D eigenvalue weighted by Crippen LogP contribution is -2.41. The first-order valence-electron chi connectivity index (χ1n) is 13.4. The molecule has 0 atom stereocenters. The number of amides is 1. The second-order valence-electron chi connectivity index (χ2n) is 10.8. The standard InChI is InChI=1S/C29H27BrF3N7O2/c1-15(2)10-17-13-35-40-24-14-38(27(41)16-4-7-22(30)21(11-16)29(31,32)33)9-8-20(24)28(42)39(26(17)40)18-5-6-19-23(12-18)36-37-25(19)34-3/h4-7,11-13,15H,8-10,14H2,1-3H3,(H2,34,36,37). The van der Waals surface area contributed by atoms with Gasteiger partial charge in [0.1, 0.15) is 5.65 Å². The van der Waals surface area contributed by atoms with E-state index in [1.54, 1.807) is 22.3 Å². The minimum Gasteiger partial charge on any atom is -0.371 e. The minimum atomic E-state index is -4.61. The van der Waals surface area contributed by atoms with Gasteiger partial charge >= 0.3 is 6.18 Å². The summed E-state index contributed by atoms with van der Waals surface area (Å²) >= 11 is 2.93. The Labute approximate surface area is 246 Å². The van der Waals surface area contributed by atoms with E-state index in [0.29, 0.717) is 34.8 Å². The zero-order chi connectivity index (χ0) is 29.9. The summed E-state index contributed by atoms with van der Waals surface area (Å²) < 4.78 is 43.8. The number of hydrogen-bond donors (Lipinski definition) is 2. The molecule has 42 heavy (non-hydrogen) atoms. The van der Waals surface area contributed by atoms with Gasteiger partial charge in [-0.05, 0) is 55.2 Å². The molecule has 0 radical (unpaired) electrons. The molecule has 2 aromatic carbocycles. The third-order valence-corrected chi connectivity index (χ3v) is 8.23. The highest BCUT2D eigenvalue weighted by Gasteiger charge is 2.35. The second kappa shape index (κ2) is 10.3. The summed E-state index contributed by atoms with van der Waals surface area (Å²) in [7, 11) is 1.78. The van der Waals surface area contributed by atoms with Crippen molar-refractivity contribution in [2.75, 3.05) is 18.9 Å². The van der Waals surface area contributed by atoms with Crippen molar-refractivity contribution < 1.29 is 18.0 Å².